The minimum Gasteiger partial charge on any atom is -0.456 e. The minimum absolute atomic E-state index is 0.430. The second-order valence-corrected chi connectivity index (χ2v) is 14.0. The van der Waals surface area contributed by atoms with Crippen LogP contribution in [-0.2, 0) is 0 Å². The third-order valence-corrected chi connectivity index (χ3v) is 11.1. The van der Waals surface area contributed by atoms with Gasteiger partial charge < -0.3 is 14.2 Å². The Balaban J connectivity index is 1.04. The molecule has 11 rings (SSSR count). The second-order valence-electron chi connectivity index (χ2n) is 12.9. The molecule has 1 unspecified atom stereocenters. The summed E-state index contributed by atoms with van der Waals surface area (Å²) < 4.78 is 15.1. The molecule has 1 N–H and O–H groups in total. The van der Waals surface area contributed by atoms with Crippen molar-refractivity contribution in [3.8, 4) is 11.1 Å². The van der Waals surface area contributed by atoms with E-state index in [9.17, 15) is 0 Å². The third-order valence-electron chi connectivity index (χ3n) is 9.95. The first-order chi connectivity index (χ1) is 25.2. The molecule has 0 radical (unpaired) electrons. The van der Waals surface area contributed by atoms with E-state index in [1.54, 1.807) is 11.3 Å². The van der Waals surface area contributed by atoms with Gasteiger partial charge in [-0.15, -0.1) is 11.3 Å². The molecule has 10 aromatic rings. The van der Waals surface area contributed by atoms with Gasteiger partial charge in [-0.2, -0.15) is 0 Å². The topological polar surface area (TPSA) is 63.0 Å². The van der Waals surface area contributed by atoms with Gasteiger partial charge in [-0.25, -0.2) is 9.98 Å². The van der Waals surface area contributed by atoms with E-state index < -0.39 is 6.17 Å². The lowest BCUT2D eigenvalue weighted by Crippen LogP contribution is -2.36. The molecular weight excluding hydrogens is 647 g/mol. The van der Waals surface area contributed by atoms with Crippen LogP contribution in [0.25, 0.3) is 75.2 Å². The zero-order chi connectivity index (χ0) is 33.5. The minimum atomic E-state index is -0.430. The Hall–Kier alpha value is -6.50. The maximum atomic E-state index is 6.39. The van der Waals surface area contributed by atoms with E-state index in [-0.39, 0.29) is 0 Å². The lowest BCUT2D eigenvalue weighted by molar-refractivity contribution is 0.668. The van der Waals surface area contributed by atoms with Gasteiger partial charge in [0, 0.05) is 58.4 Å². The van der Waals surface area contributed by atoms with Crippen molar-refractivity contribution in [3.05, 3.63) is 168 Å². The quantitative estimate of drug-likeness (QED) is 0.202. The smallest absolute Gasteiger partial charge is 0.169 e. The maximum absolute atomic E-state index is 6.39. The van der Waals surface area contributed by atoms with E-state index in [0.29, 0.717) is 0 Å². The van der Waals surface area contributed by atoms with Crippen molar-refractivity contribution in [2.45, 2.75) is 6.17 Å². The maximum Gasteiger partial charge on any atom is 0.169 e. The fourth-order valence-corrected chi connectivity index (χ4v) is 8.68. The fourth-order valence-electron chi connectivity index (χ4n) is 7.55. The molecule has 6 heteroatoms. The Morgan fingerprint density at radius 3 is 2.10 bits per heavy atom. The van der Waals surface area contributed by atoms with E-state index in [1.165, 1.54) is 20.2 Å². The van der Waals surface area contributed by atoms with Crippen LogP contribution in [0, 0.1) is 0 Å². The first-order valence-corrected chi connectivity index (χ1v) is 17.8. The highest BCUT2D eigenvalue weighted by Crippen LogP contribution is 2.41. The number of aliphatic imine (C=N–C) groups is 2. The summed E-state index contributed by atoms with van der Waals surface area (Å²) in [4.78, 5) is 10.4. The average Bonchev–Trinajstić information content (AvgIpc) is 3.88. The van der Waals surface area contributed by atoms with Gasteiger partial charge in [-0.05, 0) is 47.5 Å². The number of benzene rings is 7. The second kappa shape index (κ2) is 11.0. The van der Waals surface area contributed by atoms with Crippen LogP contribution in [0.5, 0.6) is 0 Å². The molecule has 0 spiro atoms. The van der Waals surface area contributed by atoms with Crippen LogP contribution in [0.2, 0.25) is 0 Å². The molecule has 1 aliphatic heterocycles. The molecular formula is C45H27N3O2S. The summed E-state index contributed by atoms with van der Waals surface area (Å²) in [7, 11) is 0. The number of fused-ring (bicyclic) bond motifs is 9. The SMILES string of the molecule is c1ccc(C2=NC(c3ccc4c(c3)sc3ccc(-c5cccc6c5oc5ccccc56)cc34)N=C(c3cccc4oc5ccccc5c34)N2)cc1. The molecule has 51 heavy (non-hydrogen) atoms. The van der Waals surface area contributed by atoms with Crippen LogP contribution in [0.15, 0.2) is 170 Å². The predicted octanol–water partition coefficient (Wildman–Crippen LogP) is 12.0. The van der Waals surface area contributed by atoms with Crippen molar-refractivity contribution < 1.29 is 8.83 Å². The first-order valence-electron chi connectivity index (χ1n) is 17.0. The van der Waals surface area contributed by atoms with Crippen molar-refractivity contribution in [1.82, 2.24) is 5.32 Å². The van der Waals surface area contributed by atoms with Crippen LogP contribution in [0.1, 0.15) is 22.9 Å². The van der Waals surface area contributed by atoms with Crippen molar-refractivity contribution in [2.24, 2.45) is 9.98 Å². The summed E-state index contributed by atoms with van der Waals surface area (Å²) in [5.74, 6) is 1.56. The summed E-state index contributed by atoms with van der Waals surface area (Å²) >= 11 is 1.80. The molecule has 5 nitrogen and oxygen atoms in total. The van der Waals surface area contributed by atoms with Crippen molar-refractivity contribution >= 4 is 87.1 Å². The monoisotopic (exact) mass is 673 g/mol. The highest BCUT2D eigenvalue weighted by atomic mass is 32.1. The summed E-state index contributed by atoms with van der Waals surface area (Å²) in [6.45, 7) is 0. The van der Waals surface area contributed by atoms with E-state index in [1.807, 2.05) is 60.7 Å². The first kappa shape index (κ1) is 28.3. The highest BCUT2D eigenvalue weighted by molar-refractivity contribution is 7.25. The number of rotatable bonds is 4. The van der Waals surface area contributed by atoms with Crippen LogP contribution in [0.4, 0.5) is 0 Å². The zero-order valence-corrected chi connectivity index (χ0v) is 27.9. The standard InChI is InChI=1S/C45H27N3O2S/c1-2-10-26(11-3-1)43-46-44(48-45(47-43)34-16-9-19-38-41(34)33-13-5-7-18-37(33)49-38)28-20-22-31-35-24-27(21-23-39(35)51-40(31)25-28)29-14-8-15-32-30-12-4-6-17-36(30)50-42(29)32/h1-25,44H,(H,46,47,48). The van der Waals surface area contributed by atoms with E-state index in [2.05, 4.69) is 96.3 Å². The van der Waals surface area contributed by atoms with Crippen LogP contribution >= 0.6 is 11.3 Å². The summed E-state index contributed by atoms with van der Waals surface area (Å²) in [5, 5.41) is 10.4. The molecule has 240 valence electrons. The molecule has 0 fully saturated rings. The molecule has 4 heterocycles. The van der Waals surface area contributed by atoms with Gasteiger partial charge in [0.15, 0.2) is 6.17 Å². The Morgan fingerprint density at radius 1 is 0.471 bits per heavy atom. The molecule has 7 aromatic carbocycles. The van der Waals surface area contributed by atoms with E-state index >= 15 is 0 Å². The number of nitrogens with one attached hydrogen (secondary N) is 1. The van der Waals surface area contributed by atoms with Gasteiger partial charge in [0.05, 0.1) is 0 Å². The number of hydrogen-bond donors (Lipinski definition) is 1. The summed E-state index contributed by atoms with van der Waals surface area (Å²) in [5.41, 5.74) is 8.80. The summed E-state index contributed by atoms with van der Waals surface area (Å²) in [6, 6.07) is 52.7. The number of para-hydroxylation sites is 3. The van der Waals surface area contributed by atoms with Gasteiger partial charge in [-0.3, -0.25) is 0 Å². The third kappa shape index (κ3) is 4.47. The molecule has 0 aliphatic carbocycles. The fraction of sp³-hybridized carbons (Fsp3) is 0.0222. The molecule has 1 aliphatic rings. The Bertz CT molecular complexity index is 3070. The van der Waals surface area contributed by atoms with Crippen LogP contribution < -0.4 is 5.32 Å². The Kier molecular flexibility index (Phi) is 6.12. The van der Waals surface area contributed by atoms with Gasteiger partial charge in [0.25, 0.3) is 0 Å². The number of amidine groups is 2. The highest BCUT2D eigenvalue weighted by Gasteiger charge is 2.24. The van der Waals surface area contributed by atoms with Crippen molar-refractivity contribution in [1.29, 1.82) is 0 Å². The van der Waals surface area contributed by atoms with Gasteiger partial charge in [0.1, 0.15) is 34.0 Å². The Morgan fingerprint density at radius 2 is 1.20 bits per heavy atom. The molecule has 3 aromatic heterocycles. The van der Waals surface area contributed by atoms with E-state index in [0.717, 1.165) is 83.4 Å². The van der Waals surface area contributed by atoms with Gasteiger partial charge in [-0.1, -0.05) is 115 Å². The molecule has 0 saturated carbocycles. The lowest BCUT2D eigenvalue weighted by Gasteiger charge is -2.22. The van der Waals surface area contributed by atoms with Crippen molar-refractivity contribution in [3.63, 3.8) is 0 Å². The van der Waals surface area contributed by atoms with E-state index in [4.69, 9.17) is 18.8 Å². The van der Waals surface area contributed by atoms with Crippen LogP contribution in [-0.4, -0.2) is 11.7 Å². The predicted molar refractivity (Wildman–Crippen MR) is 211 cm³/mol. The van der Waals surface area contributed by atoms with Gasteiger partial charge >= 0.3 is 0 Å². The molecule has 0 saturated heterocycles. The number of thiophene rings is 1. The molecule has 1 atom stereocenters. The van der Waals surface area contributed by atoms with Crippen molar-refractivity contribution in [2.75, 3.05) is 0 Å². The lowest BCUT2D eigenvalue weighted by atomic mass is 10.00. The normalized spacial score (nSPS) is 14.9. The van der Waals surface area contributed by atoms with Crippen LogP contribution in [0.3, 0.4) is 0 Å². The Labute approximate surface area is 295 Å². The van der Waals surface area contributed by atoms with Gasteiger partial charge in [0.2, 0.25) is 0 Å². The summed E-state index contributed by atoms with van der Waals surface area (Å²) in [6.07, 6.45) is -0.430. The average molecular weight is 674 g/mol. The number of nitrogens with zero attached hydrogens (tertiary/aromatic N) is 2. The largest absolute Gasteiger partial charge is 0.456 e. The molecule has 0 bridgehead atoms. The zero-order valence-electron chi connectivity index (χ0n) is 27.1. The molecule has 0 amide bonds. The number of hydrogen-bond acceptors (Lipinski definition) is 6. The number of furan rings is 2.